The van der Waals surface area contributed by atoms with Gasteiger partial charge in [-0.25, -0.2) is 4.99 Å². The van der Waals surface area contributed by atoms with Crippen LogP contribution in [0.3, 0.4) is 0 Å². The van der Waals surface area contributed by atoms with Gasteiger partial charge in [-0.05, 0) is 72.6 Å². The van der Waals surface area contributed by atoms with Crippen molar-refractivity contribution >= 4 is 45.4 Å². The first-order chi connectivity index (χ1) is 18.0. The van der Waals surface area contributed by atoms with Gasteiger partial charge in [-0.1, -0.05) is 85.3 Å². The summed E-state index contributed by atoms with van der Waals surface area (Å²) in [4.78, 5) is 20.8. The van der Waals surface area contributed by atoms with E-state index < -0.39 is 0 Å². The monoisotopic (exact) mass is 506 g/mol. The van der Waals surface area contributed by atoms with Crippen molar-refractivity contribution in [1.29, 1.82) is 0 Å². The summed E-state index contributed by atoms with van der Waals surface area (Å²) in [6, 6.07) is 30.5. The van der Waals surface area contributed by atoms with E-state index in [1.165, 1.54) is 28.1 Å². The number of carbonyl (C=O) groups is 1. The van der Waals surface area contributed by atoms with Crippen molar-refractivity contribution in [3.05, 3.63) is 113 Å². The Bertz CT molecular complexity index is 1490. The van der Waals surface area contributed by atoms with Crippen LogP contribution in [0.4, 0.5) is 5.69 Å². The van der Waals surface area contributed by atoms with Gasteiger partial charge in [-0.2, -0.15) is 0 Å². The lowest BCUT2D eigenvalue weighted by atomic mass is 10.1. The summed E-state index contributed by atoms with van der Waals surface area (Å²) in [7, 11) is 0. The van der Waals surface area contributed by atoms with E-state index in [9.17, 15) is 4.79 Å². The lowest BCUT2D eigenvalue weighted by molar-refractivity contribution is -0.123. The van der Waals surface area contributed by atoms with Gasteiger partial charge in [0.15, 0.2) is 5.17 Å². The number of carbonyl (C=O) groups excluding carboxylic acids is 1. The molecule has 1 aliphatic heterocycles. The van der Waals surface area contributed by atoms with Gasteiger partial charge in [-0.15, -0.1) is 0 Å². The summed E-state index contributed by atoms with van der Waals surface area (Å²) < 4.78 is 6.30. The van der Waals surface area contributed by atoms with Crippen LogP contribution in [-0.4, -0.2) is 22.0 Å². The van der Waals surface area contributed by atoms with Crippen LogP contribution in [0.5, 0.6) is 5.75 Å². The van der Waals surface area contributed by atoms with E-state index in [2.05, 4.69) is 51.1 Å². The van der Waals surface area contributed by atoms with Gasteiger partial charge in [0.25, 0.3) is 5.91 Å². The van der Waals surface area contributed by atoms with Crippen LogP contribution in [0.25, 0.3) is 16.8 Å². The number of para-hydroxylation sites is 1. The topological polar surface area (TPSA) is 41.9 Å². The molecule has 0 saturated carbocycles. The summed E-state index contributed by atoms with van der Waals surface area (Å²) in [5.41, 5.74) is 4.02. The molecule has 4 aromatic carbocycles. The van der Waals surface area contributed by atoms with Gasteiger partial charge in [-0.3, -0.25) is 9.69 Å². The summed E-state index contributed by atoms with van der Waals surface area (Å²) in [5.74, 6) is 0.726. The molecular formula is C32H30N2O2S. The Balaban J connectivity index is 1.43. The molecule has 1 saturated heterocycles. The number of aliphatic imine (C=N–C) groups is 1. The van der Waals surface area contributed by atoms with Crippen molar-refractivity contribution in [3.8, 4) is 5.75 Å². The summed E-state index contributed by atoms with van der Waals surface area (Å²) in [5, 5.41) is 3.09. The fourth-order valence-electron chi connectivity index (χ4n) is 4.31. The highest BCUT2D eigenvalue weighted by molar-refractivity contribution is 8.18. The number of ether oxygens (including phenoxy) is 1. The van der Waals surface area contributed by atoms with Gasteiger partial charge in [0, 0.05) is 11.6 Å². The summed E-state index contributed by atoms with van der Waals surface area (Å²) in [6.07, 6.45) is 2.77. The number of hydrogen-bond acceptors (Lipinski definition) is 4. The molecule has 1 amide bonds. The molecule has 1 aliphatic rings. The Morgan fingerprint density at radius 3 is 2.49 bits per heavy atom. The van der Waals surface area contributed by atoms with Crippen LogP contribution < -0.4 is 4.74 Å². The van der Waals surface area contributed by atoms with Crippen LogP contribution in [0.1, 0.15) is 37.0 Å². The quantitative estimate of drug-likeness (QED) is 0.238. The van der Waals surface area contributed by atoms with Gasteiger partial charge >= 0.3 is 0 Å². The average Bonchev–Trinajstić information content (AvgIpc) is 3.23. The Morgan fingerprint density at radius 2 is 1.68 bits per heavy atom. The first kappa shape index (κ1) is 24.8. The maximum atomic E-state index is 13.5. The molecule has 0 aromatic heterocycles. The van der Waals surface area contributed by atoms with Crippen LogP contribution in [-0.2, 0) is 11.4 Å². The van der Waals surface area contributed by atoms with Gasteiger partial charge in [0.05, 0.1) is 10.6 Å². The van der Waals surface area contributed by atoms with Crippen LogP contribution in [0.2, 0.25) is 0 Å². The fraction of sp³-hybridized carbons (Fsp3) is 0.188. The standard InChI is InChI=1S/C32H30N2O2S/c1-4-23(3)34-31(35)30(37-32(34)33-27-18-16-22(2)17-19-27)20-25-11-6-8-15-29(25)36-21-26-13-9-12-24-10-5-7-14-28(24)26/h5-20,23H,4,21H2,1-3H3/b30-20+,33-32?/t23-/m1/s1. The number of thioether (sulfide) groups is 1. The van der Waals surface area contributed by atoms with Crippen LogP contribution in [0, 0.1) is 6.92 Å². The van der Waals surface area contributed by atoms with E-state index in [-0.39, 0.29) is 11.9 Å². The third kappa shape index (κ3) is 5.47. The Morgan fingerprint density at radius 1 is 0.946 bits per heavy atom. The second-order valence-electron chi connectivity index (χ2n) is 9.24. The maximum absolute atomic E-state index is 13.5. The molecule has 0 unspecified atom stereocenters. The van der Waals surface area contributed by atoms with Gasteiger partial charge < -0.3 is 4.74 Å². The molecule has 0 spiro atoms. The van der Waals surface area contributed by atoms with E-state index >= 15 is 0 Å². The minimum atomic E-state index is -0.0194. The molecule has 1 atom stereocenters. The number of amidine groups is 1. The largest absolute Gasteiger partial charge is 0.488 e. The minimum absolute atomic E-state index is 0.0194. The van der Waals surface area contributed by atoms with Gasteiger partial charge in [0.2, 0.25) is 0 Å². The second kappa shape index (κ2) is 11.1. The molecule has 1 heterocycles. The maximum Gasteiger partial charge on any atom is 0.267 e. The normalized spacial score (nSPS) is 16.6. The molecule has 0 aliphatic carbocycles. The number of nitrogens with zero attached hydrogens (tertiary/aromatic N) is 2. The highest BCUT2D eigenvalue weighted by Crippen LogP contribution is 2.37. The zero-order chi connectivity index (χ0) is 25.8. The van der Waals surface area contributed by atoms with Crippen molar-refractivity contribution in [2.45, 2.75) is 39.8 Å². The van der Waals surface area contributed by atoms with Crippen LogP contribution >= 0.6 is 11.8 Å². The zero-order valence-corrected chi connectivity index (χ0v) is 22.2. The third-order valence-corrected chi connectivity index (χ3v) is 7.58. The number of fused-ring (bicyclic) bond motifs is 1. The SMILES string of the molecule is CC[C@@H](C)N1C(=O)/C(=C\c2ccccc2OCc2cccc3ccccc23)SC1=Nc1ccc(C)cc1. The molecule has 37 heavy (non-hydrogen) atoms. The van der Waals surface area contributed by atoms with Crippen molar-refractivity contribution in [2.24, 2.45) is 4.99 Å². The molecule has 0 radical (unpaired) electrons. The smallest absolute Gasteiger partial charge is 0.267 e. The number of amides is 1. The predicted molar refractivity (Wildman–Crippen MR) is 155 cm³/mol. The Hall–Kier alpha value is -3.83. The van der Waals surface area contributed by atoms with Crippen molar-refractivity contribution in [3.63, 3.8) is 0 Å². The van der Waals surface area contributed by atoms with E-state index in [1.54, 1.807) is 0 Å². The number of aryl methyl sites for hydroxylation is 1. The zero-order valence-electron chi connectivity index (χ0n) is 21.3. The second-order valence-corrected chi connectivity index (χ2v) is 10.2. The molecule has 5 rings (SSSR count). The molecule has 5 heteroatoms. The highest BCUT2D eigenvalue weighted by Gasteiger charge is 2.36. The van der Waals surface area contributed by atoms with Crippen molar-refractivity contribution in [1.82, 2.24) is 4.90 Å². The lowest BCUT2D eigenvalue weighted by Gasteiger charge is -2.22. The van der Waals surface area contributed by atoms with E-state index in [0.29, 0.717) is 16.7 Å². The fourth-order valence-corrected chi connectivity index (χ4v) is 5.39. The average molecular weight is 507 g/mol. The summed E-state index contributed by atoms with van der Waals surface area (Å²) in [6.45, 7) is 6.65. The lowest BCUT2D eigenvalue weighted by Crippen LogP contribution is -2.36. The molecule has 4 nitrogen and oxygen atoms in total. The number of rotatable bonds is 7. The summed E-state index contributed by atoms with van der Waals surface area (Å²) >= 11 is 1.42. The Labute approximate surface area is 222 Å². The number of benzene rings is 4. The number of hydrogen-bond donors (Lipinski definition) is 0. The van der Waals surface area contributed by atoms with Crippen LogP contribution in [0.15, 0.2) is 101 Å². The van der Waals surface area contributed by atoms with Crippen molar-refractivity contribution < 1.29 is 9.53 Å². The predicted octanol–water partition coefficient (Wildman–Crippen LogP) is 8.13. The molecule has 4 aromatic rings. The molecule has 1 fully saturated rings. The minimum Gasteiger partial charge on any atom is -0.488 e. The Kier molecular flexibility index (Phi) is 7.42. The third-order valence-electron chi connectivity index (χ3n) is 6.60. The van der Waals surface area contributed by atoms with E-state index in [4.69, 9.17) is 9.73 Å². The van der Waals surface area contributed by atoms with E-state index in [0.717, 1.165) is 29.0 Å². The molecule has 0 bridgehead atoms. The van der Waals surface area contributed by atoms with Crippen molar-refractivity contribution in [2.75, 3.05) is 0 Å². The van der Waals surface area contributed by atoms with E-state index in [1.807, 2.05) is 71.6 Å². The van der Waals surface area contributed by atoms with Gasteiger partial charge in [0.1, 0.15) is 12.4 Å². The molecule has 186 valence electrons. The molecule has 0 N–H and O–H groups in total. The first-order valence-corrected chi connectivity index (χ1v) is 13.4. The highest BCUT2D eigenvalue weighted by atomic mass is 32.2. The molecular weight excluding hydrogens is 476 g/mol. The first-order valence-electron chi connectivity index (χ1n) is 12.6.